The number of alkyl halides is 3. The Labute approximate surface area is 138 Å². The van der Waals surface area contributed by atoms with Gasteiger partial charge >= 0.3 is 6.18 Å². The Bertz CT molecular complexity index is 679. The van der Waals surface area contributed by atoms with Crippen molar-refractivity contribution in [3.05, 3.63) is 46.8 Å². The largest absolute Gasteiger partial charge is 0.416 e. The monoisotopic (exact) mass is 339 g/mol. The lowest BCUT2D eigenvalue weighted by atomic mass is 10.1. The van der Waals surface area contributed by atoms with Crippen LogP contribution in [0.2, 0.25) is 0 Å². The Morgan fingerprint density at radius 2 is 2.04 bits per heavy atom. The van der Waals surface area contributed by atoms with Crippen LogP contribution in [0.3, 0.4) is 0 Å². The third kappa shape index (κ3) is 3.96. The molecule has 7 heteroatoms. The van der Waals surface area contributed by atoms with Crippen LogP contribution in [0.5, 0.6) is 0 Å². The Balaban J connectivity index is 2.36. The first-order chi connectivity index (χ1) is 11.1. The van der Waals surface area contributed by atoms with Gasteiger partial charge in [-0.3, -0.25) is 4.79 Å². The van der Waals surface area contributed by atoms with Gasteiger partial charge in [0.05, 0.1) is 11.1 Å². The molecule has 0 aromatic heterocycles. The summed E-state index contributed by atoms with van der Waals surface area (Å²) in [6.07, 6.45) is -4.39. The molecular formula is C17H20F3N3O. The van der Waals surface area contributed by atoms with Gasteiger partial charge in [-0.2, -0.15) is 13.2 Å². The molecule has 1 aromatic rings. The minimum absolute atomic E-state index is 0.0412. The van der Waals surface area contributed by atoms with Crippen molar-refractivity contribution >= 4 is 11.5 Å². The van der Waals surface area contributed by atoms with Crippen molar-refractivity contribution in [3.63, 3.8) is 0 Å². The summed E-state index contributed by atoms with van der Waals surface area (Å²) >= 11 is 0. The number of nitrogens with one attached hydrogen (secondary N) is 2. The zero-order valence-corrected chi connectivity index (χ0v) is 13.8. The number of carbonyl (C=O) groups excluding carboxylic acids is 1. The van der Waals surface area contributed by atoms with Crippen LogP contribution in [-0.4, -0.2) is 29.0 Å². The third-order valence-corrected chi connectivity index (χ3v) is 3.79. The van der Waals surface area contributed by atoms with E-state index < -0.39 is 11.7 Å². The summed E-state index contributed by atoms with van der Waals surface area (Å²) in [6.45, 7) is 5.61. The van der Waals surface area contributed by atoms with E-state index in [4.69, 9.17) is 5.41 Å². The molecular weight excluding hydrogens is 319 g/mol. The van der Waals surface area contributed by atoms with Gasteiger partial charge in [-0.1, -0.05) is 12.1 Å². The number of carbonyl (C=O) groups is 1. The van der Waals surface area contributed by atoms with Crippen LogP contribution in [0.15, 0.2) is 35.7 Å². The number of nitrogens with zero attached hydrogens (tertiary/aromatic N) is 1. The fourth-order valence-electron chi connectivity index (χ4n) is 2.84. The Kier molecular flexibility index (Phi) is 5.01. The number of hydrogen-bond acceptors (Lipinski definition) is 4. The predicted octanol–water partition coefficient (Wildman–Crippen LogP) is 3.34. The fourth-order valence-corrected chi connectivity index (χ4v) is 2.84. The molecule has 2 N–H and O–H groups in total. The van der Waals surface area contributed by atoms with E-state index >= 15 is 0 Å². The van der Waals surface area contributed by atoms with Crippen molar-refractivity contribution in [2.24, 2.45) is 0 Å². The number of allylic oxidation sites excluding steroid dienone is 1. The van der Waals surface area contributed by atoms with E-state index in [9.17, 15) is 18.0 Å². The lowest BCUT2D eigenvalue weighted by molar-refractivity contribution is -0.137. The smallest absolute Gasteiger partial charge is 0.367 e. The maximum atomic E-state index is 12.9. The highest BCUT2D eigenvalue weighted by molar-refractivity contribution is 6.20. The molecule has 1 fully saturated rings. The van der Waals surface area contributed by atoms with Crippen molar-refractivity contribution in [1.29, 1.82) is 5.41 Å². The molecule has 0 saturated carbocycles. The van der Waals surface area contributed by atoms with Crippen LogP contribution in [-0.2, 0) is 17.5 Å². The van der Waals surface area contributed by atoms with Crippen molar-refractivity contribution in [2.45, 2.75) is 39.5 Å². The third-order valence-electron chi connectivity index (χ3n) is 3.79. The lowest BCUT2D eigenvalue weighted by Crippen LogP contribution is -2.26. The number of Topliss-reactive ketones (excluding diaryl/α,β-unsaturated/α-hetero) is 1. The Hall–Kier alpha value is -2.31. The van der Waals surface area contributed by atoms with Gasteiger partial charge in [0.25, 0.3) is 0 Å². The molecule has 1 heterocycles. The molecule has 0 bridgehead atoms. The van der Waals surface area contributed by atoms with Crippen LogP contribution in [0.1, 0.15) is 31.9 Å². The van der Waals surface area contributed by atoms with Gasteiger partial charge in [-0.05, 0) is 38.5 Å². The molecule has 0 aliphatic carbocycles. The van der Waals surface area contributed by atoms with Gasteiger partial charge in [0.15, 0.2) is 5.78 Å². The molecule has 24 heavy (non-hydrogen) atoms. The standard InChI is InChI=1S/C17H20F3N3O/c1-10-8-23(16(22-10)15(11(2)21)12(3)24)9-13-5-4-6-14(7-13)17(18,19)20/h4-7,10,21-22H,8-9H2,1-3H3/b16-15-,21-11?. The van der Waals surface area contributed by atoms with Gasteiger partial charge < -0.3 is 15.6 Å². The Morgan fingerprint density at radius 3 is 2.58 bits per heavy atom. The minimum atomic E-state index is -4.39. The SMILES string of the molecule is CC(=N)/C(C(C)=O)=C1\NC(C)CN1Cc1cccc(C(F)(F)F)c1. The maximum absolute atomic E-state index is 12.9. The summed E-state index contributed by atoms with van der Waals surface area (Å²) in [5.74, 6) is 0.271. The van der Waals surface area contributed by atoms with Gasteiger partial charge in [-0.25, -0.2) is 0 Å². The molecule has 1 atom stereocenters. The van der Waals surface area contributed by atoms with E-state index in [0.29, 0.717) is 17.9 Å². The molecule has 1 aliphatic rings. The maximum Gasteiger partial charge on any atom is 0.416 e. The molecule has 2 rings (SSSR count). The summed E-state index contributed by atoms with van der Waals surface area (Å²) < 4.78 is 38.6. The fraction of sp³-hybridized carbons (Fsp3) is 0.412. The molecule has 1 aliphatic heterocycles. The molecule has 1 saturated heterocycles. The van der Waals surface area contributed by atoms with E-state index in [1.165, 1.54) is 19.9 Å². The predicted molar refractivity (Wildman–Crippen MR) is 85.6 cm³/mol. The average molecular weight is 339 g/mol. The molecule has 0 radical (unpaired) electrons. The lowest BCUT2D eigenvalue weighted by Gasteiger charge is -2.22. The first kappa shape index (κ1) is 18.0. The number of ketones is 1. The minimum Gasteiger partial charge on any atom is -0.367 e. The van der Waals surface area contributed by atoms with Crippen LogP contribution in [0.4, 0.5) is 13.2 Å². The molecule has 1 aromatic carbocycles. The first-order valence-corrected chi connectivity index (χ1v) is 7.58. The van der Waals surface area contributed by atoms with E-state index in [2.05, 4.69) is 5.32 Å². The van der Waals surface area contributed by atoms with Crippen molar-refractivity contribution in [3.8, 4) is 0 Å². The number of rotatable bonds is 4. The summed E-state index contributed by atoms with van der Waals surface area (Å²) in [4.78, 5) is 13.7. The normalized spacial score (nSPS) is 19.9. The second-order valence-electron chi connectivity index (χ2n) is 6.03. The summed E-state index contributed by atoms with van der Waals surface area (Å²) in [5.41, 5.74) is 0.212. The highest BCUT2D eigenvalue weighted by atomic mass is 19.4. The summed E-state index contributed by atoms with van der Waals surface area (Å²) in [7, 11) is 0. The average Bonchev–Trinajstić information content (AvgIpc) is 2.78. The second-order valence-corrected chi connectivity index (χ2v) is 6.03. The zero-order chi connectivity index (χ0) is 18.1. The van der Waals surface area contributed by atoms with Gasteiger partial charge in [0, 0.05) is 24.8 Å². The van der Waals surface area contributed by atoms with Crippen molar-refractivity contribution < 1.29 is 18.0 Å². The molecule has 4 nitrogen and oxygen atoms in total. The first-order valence-electron chi connectivity index (χ1n) is 7.58. The highest BCUT2D eigenvalue weighted by Crippen LogP contribution is 2.30. The van der Waals surface area contributed by atoms with E-state index in [1.807, 2.05) is 11.8 Å². The molecule has 1 unspecified atom stereocenters. The van der Waals surface area contributed by atoms with Crippen LogP contribution in [0.25, 0.3) is 0 Å². The van der Waals surface area contributed by atoms with Crippen LogP contribution < -0.4 is 5.32 Å². The van der Waals surface area contributed by atoms with Gasteiger partial charge in [0.2, 0.25) is 0 Å². The van der Waals surface area contributed by atoms with E-state index in [0.717, 1.165) is 12.1 Å². The molecule has 0 spiro atoms. The molecule has 130 valence electrons. The van der Waals surface area contributed by atoms with Crippen molar-refractivity contribution in [2.75, 3.05) is 6.54 Å². The number of hydrogen-bond donors (Lipinski definition) is 2. The Morgan fingerprint density at radius 1 is 1.38 bits per heavy atom. The number of halogens is 3. The van der Waals surface area contributed by atoms with Crippen LogP contribution >= 0.6 is 0 Å². The van der Waals surface area contributed by atoms with Crippen molar-refractivity contribution in [1.82, 2.24) is 10.2 Å². The number of benzene rings is 1. The zero-order valence-electron chi connectivity index (χ0n) is 13.8. The highest BCUT2D eigenvalue weighted by Gasteiger charge is 2.31. The van der Waals surface area contributed by atoms with E-state index in [-0.39, 0.29) is 29.7 Å². The van der Waals surface area contributed by atoms with Gasteiger partial charge in [-0.15, -0.1) is 0 Å². The van der Waals surface area contributed by atoms with Crippen LogP contribution in [0, 0.1) is 5.41 Å². The second kappa shape index (κ2) is 6.67. The quantitative estimate of drug-likeness (QED) is 0.653. The van der Waals surface area contributed by atoms with E-state index in [1.54, 1.807) is 6.07 Å². The topological polar surface area (TPSA) is 56.2 Å². The summed E-state index contributed by atoms with van der Waals surface area (Å²) in [5, 5.41) is 11.0. The van der Waals surface area contributed by atoms with Gasteiger partial charge in [0.1, 0.15) is 5.82 Å². The molecule has 0 amide bonds. The summed E-state index contributed by atoms with van der Waals surface area (Å²) in [6, 6.07) is 5.20.